The highest BCUT2D eigenvalue weighted by Gasteiger charge is 2.45. The molecule has 20 heavy (non-hydrogen) atoms. The highest BCUT2D eigenvalue weighted by Crippen LogP contribution is 2.50. The highest BCUT2D eigenvalue weighted by molar-refractivity contribution is 5.89. The lowest BCUT2D eigenvalue weighted by Crippen LogP contribution is -2.31. The molecule has 4 heteroatoms. The molecule has 0 heterocycles. The van der Waals surface area contributed by atoms with Crippen LogP contribution in [0.2, 0.25) is 0 Å². The van der Waals surface area contributed by atoms with E-state index < -0.39 is 0 Å². The number of urea groups is 1. The van der Waals surface area contributed by atoms with Gasteiger partial charge in [0.25, 0.3) is 0 Å². The third-order valence-electron chi connectivity index (χ3n) is 4.30. The van der Waals surface area contributed by atoms with Gasteiger partial charge in [0.1, 0.15) is 0 Å². The summed E-state index contributed by atoms with van der Waals surface area (Å²) in [6.07, 6.45) is 1.20. The molecule has 1 aromatic rings. The van der Waals surface area contributed by atoms with Crippen molar-refractivity contribution in [3.8, 4) is 0 Å². The molecule has 2 rings (SSSR count). The maximum atomic E-state index is 11.9. The SMILES string of the molecule is CNC(C)c1cccc(NC(=O)NCC2CC2(C)C)c1. The number of carbonyl (C=O) groups excluding carboxylic acids is 1. The predicted octanol–water partition coefficient (Wildman–Crippen LogP) is 3.13. The molecule has 110 valence electrons. The van der Waals surface area contributed by atoms with Gasteiger partial charge in [-0.25, -0.2) is 4.79 Å². The molecule has 0 bridgehead atoms. The van der Waals surface area contributed by atoms with Gasteiger partial charge < -0.3 is 16.0 Å². The molecule has 2 atom stereocenters. The number of benzene rings is 1. The summed E-state index contributed by atoms with van der Waals surface area (Å²) in [7, 11) is 1.93. The summed E-state index contributed by atoms with van der Waals surface area (Å²) in [5.74, 6) is 0.615. The first-order valence-electron chi connectivity index (χ1n) is 7.24. The summed E-state index contributed by atoms with van der Waals surface area (Å²) >= 11 is 0. The van der Waals surface area contributed by atoms with Crippen LogP contribution < -0.4 is 16.0 Å². The number of carbonyl (C=O) groups is 1. The number of amides is 2. The van der Waals surface area contributed by atoms with E-state index >= 15 is 0 Å². The van der Waals surface area contributed by atoms with E-state index in [0.29, 0.717) is 11.3 Å². The zero-order valence-corrected chi connectivity index (χ0v) is 12.8. The van der Waals surface area contributed by atoms with Gasteiger partial charge in [0.05, 0.1) is 0 Å². The van der Waals surface area contributed by atoms with E-state index in [4.69, 9.17) is 0 Å². The van der Waals surface area contributed by atoms with Crippen LogP contribution in [0, 0.1) is 11.3 Å². The van der Waals surface area contributed by atoms with Gasteiger partial charge in [-0.3, -0.25) is 0 Å². The van der Waals surface area contributed by atoms with Crippen molar-refractivity contribution in [1.29, 1.82) is 0 Å². The van der Waals surface area contributed by atoms with Crippen molar-refractivity contribution in [3.63, 3.8) is 0 Å². The molecule has 3 N–H and O–H groups in total. The molecule has 0 saturated heterocycles. The summed E-state index contributed by atoms with van der Waals surface area (Å²) in [5, 5.41) is 9.03. The van der Waals surface area contributed by atoms with Crippen molar-refractivity contribution in [3.05, 3.63) is 29.8 Å². The Kier molecular flexibility index (Phi) is 4.33. The Labute approximate surface area is 121 Å². The molecule has 2 unspecified atom stereocenters. The second-order valence-electron chi connectivity index (χ2n) is 6.36. The predicted molar refractivity (Wildman–Crippen MR) is 82.8 cm³/mol. The molecule has 1 saturated carbocycles. The number of hydrogen-bond donors (Lipinski definition) is 3. The molecule has 1 fully saturated rings. The lowest BCUT2D eigenvalue weighted by Gasteiger charge is -2.13. The molecule has 1 aliphatic rings. The van der Waals surface area contributed by atoms with Gasteiger partial charge >= 0.3 is 6.03 Å². The maximum Gasteiger partial charge on any atom is 0.319 e. The summed E-state index contributed by atoms with van der Waals surface area (Å²) in [5.41, 5.74) is 2.39. The van der Waals surface area contributed by atoms with Crippen molar-refractivity contribution in [2.24, 2.45) is 11.3 Å². The van der Waals surface area contributed by atoms with E-state index in [1.54, 1.807) is 0 Å². The van der Waals surface area contributed by atoms with Crippen LogP contribution >= 0.6 is 0 Å². The largest absolute Gasteiger partial charge is 0.338 e. The standard InChI is InChI=1S/C16H25N3O/c1-11(17-4)12-6-5-7-14(8-12)19-15(20)18-10-13-9-16(13,2)3/h5-8,11,13,17H,9-10H2,1-4H3,(H2,18,19,20). The van der Waals surface area contributed by atoms with Gasteiger partial charge in [-0.05, 0) is 49.4 Å². The minimum absolute atomic E-state index is 0.123. The van der Waals surface area contributed by atoms with Crippen molar-refractivity contribution in [2.45, 2.75) is 33.2 Å². The third kappa shape index (κ3) is 3.73. The van der Waals surface area contributed by atoms with Gasteiger partial charge in [0.2, 0.25) is 0 Å². The van der Waals surface area contributed by atoms with Crippen LogP contribution in [0.1, 0.15) is 38.8 Å². The van der Waals surface area contributed by atoms with E-state index in [0.717, 1.165) is 17.8 Å². The topological polar surface area (TPSA) is 53.2 Å². The lowest BCUT2D eigenvalue weighted by molar-refractivity contribution is 0.251. The Morgan fingerprint density at radius 1 is 1.45 bits per heavy atom. The molecule has 2 amide bonds. The average molecular weight is 275 g/mol. The molecule has 1 aliphatic carbocycles. The number of anilines is 1. The lowest BCUT2D eigenvalue weighted by atomic mass is 10.1. The van der Waals surface area contributed by atoms with E-state index in [1.165, 1.54) is 6.42 Å². The fourth-order valence-electron chi connectivity index (χ4n) is 2.37. The van der Waals surface area contributed by atoms with Crippen molar-refractivity contribution < 1.29 is 4.79 Å². The summed E-state index contributed by atoms with van der Waals surface area (Å²) < 4.78 is 0. The monoisotopic (exact) mass is 275 g/mol. The normalized spacial score (nSPS) is 21.1. The Morgan fingerprint density at radius 2 is 2.15 bits per heavy atom. The first-order valence-corrected chi connectivity index (χ1v) is 7.24. The van der Waals surface area contributed by atoms with Gasteiger partial charge in [0.15, 0.2) is 0 Å². The quantitative estimate of drug-likeness (QED) is 0.773. The average Bonchev–Trinajstić information content (AvgIpc) is 3.03. The van der Waals surface area contributed by atoms with Gasteiger partial charge in [0, 0.05) is 18.3 Å². The van der Waals surface area contributed by atoms with Crippen LogP contribution in [-0.2, 0) is 0 Å². The first-order chi connectivity index (χ1) is 9.42. The molecule has 1 aromatic carbocycles. The Morgan fingerprint density at radius 3 is 2.75 bits per heavy atom. The fraction of sp³-hybridized carbons (Fsp3) is 0.562. The molecule has 0 radical (unpaired) electrons. The Balaban J connectivity index is 1.85. The van der Waals surface area contributed by atoms with E-state index in [2.05, 4.69) is 42.8 Å². The van der Waals surface area contributed by atoms with Crippen LogP contribution in [0.4, 0.5) is 10.5 Å². The van der Waals surface area contributed by atoms with Gasteiger partial charge in [-0.1, -0.05) is 26.0 Å². The Hall–Kier alpha value is -1.55. The molecule has 0 aromatic heterocycles. The molecular formula is C16H25N3O. The number of nitrogens with one attached hydrogen (secondary N) is 3. The van der Waals surface area contributed by atoms with Crippen molar-refractivity contribution >= 4 is 11.7 Å². The second-order valence-corrected chi connectivity index (χ2v) is 6.36. The molecular weight excluding hydrogens is 250 g/mol. The zero-order chi connectivity index (χ0) is 14.8. The first kappa shape index (κ1) is 14.9. The highest BCUT2D eigenvalue weighted by atomic mass is 16.2. The van der Waals surface area contributed by atoms with Crippen LogP contribution in [0.25, 0.3) is 0 Å². The Bertz CT molecular complexity index is 484. The minimum atomic E-state index is -0.123. The summed E-state index contributed by atoms with van der Waals surface area (Å²) in [6.45, 7) is 7.32. The number of hydrogen-bond acceptors (Lipinski definition) is 2. The molecule has 0 spiro atoms. The number of rotatable bonds is 5. The summed E-state index contributed by atoms with van der Waals surface area (Å²) in [6, 6.07) is 8.07. The van der Waals surface area contributed by atoms with Crippen LogP contribution in [0.3, 0.4) is 0 Å². The van der Waals surface area contributed by atoms with Crippen LogP contribution in [0.5, 0.6) is 0 Å². The van der Waals surface area contributed by atoms with Crippen molar-refractivity contribution in [2.75, 3.05) is 18.9 Å². The van der Waals surface area contributed by atoms with Crippen LogP contribution in [0.15, 0.2) is 24.3 Å². The third-order valence-corrected chi connectivity index (χ3v) is 4.30. The van der Waals surface area contributed by atoms with Crippen molar-refractivity contribution in [1.82, 2.24) is 10.6 Å². The van der Waals surface area contributed by atoms with E-state index in [1.807, 2.05) is 25.2 Å². The second kappa shape index (κ2) is 5.83. The fourth-order valence-corrected chi connectivity index (χ4v) is 2.37. The minimum Gasteiger partial charge on any atom is -0.338 e. The summed E-state index contributed by atoms with van der Waals surface area (Å²) in [4.78, 5) is 11.9. The maximum absolute atomic E-state index is 11.9. The zero-order valence-electron chi connectivity index (χ0n) is 12.8. The van der Waals surface area contributed by atoms with Gasteiger partial charge in [-0.2, -0.15) is 0 Å². The molecule has 0 aliphatic heterocycles. The smallest absolute Gasteiger partial charge is 0.319 e. The molecule has 4 nitrogen and oxygen atoms in total. The van der Waals surface area contributed by atoms with Gasteiger partial charge in [-0.15, -0.1) is 0 Å². The van der Waals surface area contributed by atoms with Crippen LogP contribution in [-0.4, -0.2) is 19.6 Å². The van der Waals surface area contributed by atoms with E-state index in [9.17, 15) is 4.79 Å². The van der Waals surface area contributed by atoms with E-state index in [-0.39, 0.29) is 12.1 Å².